The molecule has 2 amide bonds. The molecule has 7 nitrogen and oxygen atoms in total. The summed E-state index contributed by atoms with van der Waals surface area (Å²) in [4.78, 5) is 36.0. The smallest absolute Gasteiger partial charge is 0.254 e. The molecule has 7 heteroatoms. The Morgan fingerprint density at radius 1 is 0.966 bits per heavy atom. The second-order valence-corrected chi connectivity index (χ2v) is 7.80. The average Bonchev–Trinajstić information content (AvgIpc) is 3.33. The van der Waals surface area contributed by atoms with Crippen LogP contribution in [-0.2, 0) is 4.79 Å². The number of benzene rings is 2. The van der Waals surface area contributed by atoms with E-state index in [4.69, 9.17) is 0 Å². The van der Waals surface area contributed by atoms with Crippen LogP contribution in [0.15, 0.2) is 48.8 Å². The molecule has 2 heterocycles. The first-order chi connectivity index (χ1) is 14.0. The first-order valence-corrected chi connectivity index (χ1v) is 9.89. The first-order valence-electron chi connectivity index (χ1n) is 9.89. The summed E-state index contributed by atoms with van der Waals surface area (Å²) in [7, 11) is 0. The second-order valence-electron chi connectivity index (χ2n) is 7.80. The number of hydrogen-bond donors (Lipinski definition) is 2. The van der Waals surface area contributed by atoms with E-state index in [0.717, 1.165) is 22.2 Å². The number of fused-ring (bicyclic) bond motifs is 1. The van der Waals surface area contributed by atoms with Crippen molar-refractivity contribution in [3.8, 4) is 11.1 Å². The minimum atomic E-state index is -1.14. The van der Waals surface area contributed by atoms with Crippen LogP contribution in [0.1, 0.15) is 23.2 Å². The Balaban J connectivity index is 1.28. The molecule has 0 atom stereocenters. The van der Waals surface area contributed by atoms with Gasteiger partial charge in [-0.2, -0.15) is 0 Å². The van der Waals surface area contributed by atoms with Crippen LogP contribution >= 0.6 is 0 Å². The van der Waals surface area contributed by atoms with Crippen LogP contribution in [0.2, 0.25) is 0 Å². The van der Waals surface area contributed by atoms with Crippen LogP contribution in [0.25, 0.3) is 22.2 Å². The van der Waals surface area contributed by atoms with Crippen LogP contribution in [0.3, 0.4) is 0 Å². The number of carbonyl (C=O) groups is 2. The third-order valence-electron chi connectivity index (χ3n) is 5.87. The molecule has 3 aromatic rings. The monoisotopic (exact) mass is 390 g/mol. The van der Waals surface area contributed by atoms with Gasteiger partial charge in [0.05, 0.1) is 17.4 Å². The Morgan fingerprint density at radius 3 is 2.34 bits per heavy atom. The molecule has 1 saturated carbocycles. The number of aromatic nitrogens is 2. The van der Waals surface area contributed by atoms with Crippen LogP contribution in [0.4, 0.5) is 0 Å². The van der Waals surface area contributed by atoms with E-state index in [1.165, 1.54) is 0 Å². The molecule has 148 valence electrons. The van der Waals surface area contributed by atoms with Crippen molar-refractivity contribution in [1.82, 2.24) is 19.8 Å². The number of nitrogens with one attached hydrogen (secondary N) is 1. The summed E-state index contributed by atoms with van der Waals surface area (Å²) in [6.07, 6.45) is 2.77. The lowest BCUT2D eigenvalue weighted by atomic mass is 10.0. The predicted octanol–water partition coefficient (Wildman–Crippen LogP) is 2.04. The summed E-state index contributed by atoms with van der Waals surface area (Å²) in [6.45, 7) is 1.89. The Kier molecular flexibility index (Phi) is 4.13. The number of rotatable bonds is 3. The van der Waals surface area contributed by atoms with Gasteiger partial charge < -0.3 is 19.9 Å². The lowest BCUT2D eigenvalue weighted by Crippen LogP contribution is -2.53. The molecule has 1 aromatic heterocycles. The van der Waals surface area contributed by atoms with Gasteiger partial charge in [-0.05, 0) is 36.6 Å². The lowest BCUT2D eigenvalue weighted by Gasteiger charge is -2.35. The van der Waals surface area contributed by atoms with E-state index in [2.05, 4.69) is 9.97 Å². The number of aliphatic hydroxyl groups is 1. The molecule has 0 radical (unpaired) electrons. The normalized spacial score (nSPS) is 18.1. The Hall–Kier alpha value is -3.19. The van der Waals surface area contributed by atoms with Crippen molar-refractivity contribution in [2.75, 3.05) is 26.2 Å². The van der Waals surface area contributed by atoms with Gasteiger partial charge >= 0.3 is 0 Å². The third kappa shape index (κ3) is 3.17. The van der Waals surface area contributed by atoms with Crippen molar-refractivity contribution in [2.24, 2.45) is 0 Å². The largest absolute Gasteiger partial charge is 0.380 e. The number of hydrogen-bond acceptors (Lipinski definition) is 4. The standard InChI is InChI=1S/C22H22N4O3/c27-20(25-10-12-26(13-11-25)21(28)22(29)8-9-22)16-6-4-15(5-7-16)17-2-1-3-18-19(17)24-14-23-18/h1-7,14,29H,8-13H2,(H,23,24). The molecule has 1 aliphatic carbocycles. The van der Waals surface area contributed by atoms with Gasteiger partial charge in [0.2, 0.25) is 0 Å². The van der Waals surface area contributed by atoms with Gasteiger partial charge in [-0.25, -0.2) is 4.98 Å². The molecule has 29 heavy (non-hydrogen) atoms. The summed E-state index contributed by atoms with van der Waals surface area (Å²) in [5.41, 5.74) is 3.40. The maximum Gasteiger partial charge on any atom is 0.254 e. The van der Waals surface area contributed by atoms with Gasteiger partial charge in [0.1, 0.15) is 5.60 Å². The van der Waals surface area contributed by atoms with E-state index >= 15 is 0 Å². The van der Waals surface area contributed by atoms with Crippen LogP contribution < -0.4 is 0 Å². The van der Waals surface area contributed by atoms with Crippen LogP contribution in [-0.4, -0.2) is 68.5 Å². The summed E-state index contributed by atoms with van der Waals surface area (Å²) in [5.74, 6) is -0.228. The molecular weight excluding hydrogens is 368 g/mol. The predicted molar refractivity (Wildman–Crippen MR) is 108 cm³/mol. The number of H-pyrrole nitrogens is 1. The Bertz CT molecular complexity index is 1080. The van der Waals surface area contributed by atoms with Crippen LogP contribution in [0.5, 0.6) is 0 Å². The quantitative estimate of drug-likeness (QED) is 0.716. The minimum absolute atomic E-state index is 0.0354. The molecule has 5 rings (SSSR count). The van der Waals surface area contributed by atoms with Crippen molar-refractivity contribution in [3.05, 3.63) is 54.4 Å². The third-order valence-corrected chi connectivity index (χ3v) is 5.87. The molecule has 0 unspecified atom stereocenters. The molecule has 1 aliphatic heterocycles. The molecule has 0 spiro atoms. The van der Waals surface area contributed by atoms with E-state index in [1.807, 2.05) is 42.5 Å². The molecule has 1 saturated heterocycles. The zero-order valence-electron chi connectivity index (χ0n) is 16.0. The highest BCUT2D eigenvalue weighted by atomic mass is 16.3. The van der Waals surface area contributed by atoms with Gasteiger partial charge in [-0.3, -0.25) is 9.59 Å². The molecule has 2 aliphatic rings. The highest BCUT2D eigenvalue weighted by Crippen LogP contribution is 2.37. The first kappa shape index (κ1) is 17.9. The van der Waals surface area contributed by atoms with Crippen molar-refractivity contribution in [2.45, 2.75) is 18.4 Å². The highest BCUT2D eigenvalue weighted by Gasteiger charge is 2.50. The minimum Gasteiger partial charge on any atom is -0.380 e. The zero-order chi connectivity index (χ0) is 20.0. The number of amides is 2. The number of nitrogens with zero attached hydrogens (tertiary/aromatic N) is 3. The number of para-hydroxylation sites is 1. The summed E-state index contributed by atoms with van der Waals surface area (Å²) in [5, 5.41) is 10.00. The van der Waals surface area contributed by atoms with E-state index in [0.29, 0.717) is 44.6 Å². The van der Waals surface area contributed by atoms with E-state index in [9.17, 15) is 14.7 Å². The van der Waals surface area contributed by atoms with Crippen molar-refractivity contribution in [1.29, 1.82) is 0 Å². The maximum atomic E-state index is 12.9. The Morgan fingerprint density at radius 2 is 1.66 bits per heavy atom. The maximum absolute atomic E-state index is 12.9. The van der Waals surface area contributed by atoms with E-state index in [1.54, 1.807) is 16.1 Å². The lowest BCUT2D eigenvalue weighted by molar-refractivity contribution is -0.143. The fourth-order valence-corrected chi connectivity index (χ4v) is 3.91. The molecule has 2 aromatic carbocycles. The summed E-state index contributed by atoms with van der Waals surface area (Å²) < 4.78 is 0. The number of carbonyl (C=O) groups excluding carboxylic acids is 2. The summed E-state index contributed by atoms with van der Waals surface area (Å²) >= 11 is 0. The van der Waals surface area contributed by atoms with Crippen LogP contribution in [0, 0.1) is 0 Å². The fraction of sp³-hybridized carbons (Fsp3) is 0.318. The molecule has 0 bridgehead atoms. The van der Waals surface area contributed by atoms with Gasteiger partial charge in [-0.1, -0.05) is 24.3 Å². The van der Waals surface area contributed by atoms with Crippen molar-refractivity contribution >= 4 is 22.8 Å². The SMILES string of the molecule is O=C(c1ccc(-c2cccc3[nH]cnc23)cc1)N1CCN(C(=O)C2(O)CC2)CC1. The van der Waals surface area contributed by atoms with E-state index < -0.39 is 5.60 Å². The Labute approximate surface area is 168 Å². The van der Waals surface area contributed by atoms with Gasteiger partial charge in [-0.15, -0.1) is 0 Å². The van der Waals surface area contributed by atoms with Gasteiger partial charge in [0.25, 0.3) is 11.8 Å². The van der Waals surface area contributed by atoms with Gasteiger partial charge in [0, 0.05) is 37.3 Å². The second kappa shape index (κ2) is 6.70. The number of aromatic amines is 1. The molecular formula is C22H22N4O3. The number of imidazole rings is 1. The van der Waals surface area contributed by atoms with Crippen molar-refractivity contribution in [3.63, 3.8) is 0 Å². The van der Waals surface area contributed by atoms with E-state index in [-0.39, 0.29) is 11.8 Å². The zero-order valence-corrected chi connectivity index (χ0v) is 16.0. The average molecular weight is 390 g/mol. The number of piperazine rings is 1. The van der Waals surface area contributed by atoms with Gasteiger partial charge in [0.15, 0.2) is 0 Å². The fourth-order valence-electron chi connectivity index (χ4n) is 3.91. The van der Waals surface area contributed by atoms with Crippen molar-refractivity contribution < 1.29 is 14.7 Å². The molecule has 2 N–H and O–H groups in total. The topological polar surface area (TPSA) is 89.5 Å². The highest BCUT2D eigenvalue weighted by molar-refractivity contribution is 5.96. The molecule has 2 fully saturated rings. The summed E-state index contributed by atoms with van der Waals surface area (Å²) in [6, 6.07) is 13.5.